The van der Waals surface area contributed by atoms with Gasteiger partial charge in [-0.05, 0) is 42.8 Å². The van der Waals surface area contributed by atoms with Crippen LogP contribution in [0.25, 0.3) is 0 Å². The summed E-state index contributed by atoms with van der Waals surface area (Å²) in [5.74, 6) is 2.11. The van der Waals surface area contributed by atoms with Crippen molar-refractivity contribution in [3.8, 4) is 0 Å². The van der Waals surface area contributed by atoms with Gasteiger partial charge in [-0.25, -0.2) is 0 Å². The standard InChI is InChI=1S/C13H25NOS/c1-9(2)11-7-6-10(3)8-12(11)15-13(16)14(4)5/h9-12H,6-8H2,1-5H3/t10-,11+,12-/m1/s1. The van der Waals surface area contributed by atoms with Crippen molar-refractivity contribution >= 4 is 17.4 Å². The lowest BCUT2D eigenvalue weighted by Gasteiger charge is -2.37. The van der Waals surface area contributed by atoms with Gasteiger partial charge in [0.2, 0.25) is 0 Å². The molecule has 1 aliphatic rings. The average Bonchev–Trinajstić information content (AvgIpc) is 2.16. The van der Waals surface area contributed by atoms with Crippen LogP contribution < -0.4 is 0 Å². The van der Waals surface area contributed by atoms with E-state index in [2.05, 4.69) is 20.8 Å². The highest BCUT2D eigenvalue weighted by atomic mass is 32.1. The van der Waals surface area contributed by atoms with Crippen LogP contribution in [0, 0.1) is 17.8 Å². The number of thiocarbonyl (C=S) groups is 1. The summed E-state index contributed by atoms with van der Waals surface area (Å²) >= 11 is 5.24. The maximum atomic E-state index is 5.95. The lowest BCUT2D eigenvalue weighted by molar-refractivity contribution is 0.0299. The van der Waals surface area contributed by atoms with Gasteiger partial charge in [-0.2, -0.15) is 0 Å². The van der Waals surface area contributed by atoms with E-state index in [1.54, 1.807) is 0 Å². The number of hydrogen-bond donors (Lipinski definition) is 0. The number of hydrogen-bond acceptors (Lipinski definition) is 2. The fourth-order valence-electron chi connectivity index (χ4n) is 2.49. The second-order valence-corrected chi connectivity index (χ2v) is 5.99. The van der Waals surface area contributed by atoms with Crippen molar-refractivity contribution in [2.24, 2.45) is 17.8 Å². The minimum absolute atomic E-state index is 0.318. The molecule has 0 unspecified atom stereocenters. The molecule has 0 aromatic carbocycles. The predicted octanol–water partition coefficient (Wildman–Crippen LogP) is 3.31. The summed E-state index contributed by atoms with van der Waals surface area (Å²) in [6.45, 7) is 6.89. The van der Waals surface area contributed by atoms with Gasteiger partial charge in [0.15, 0.2) is 0 Å². The lowest BCUT2D eigenvalue weighted by Crippen LogP contribution is -2.38. The number of rotatable bonds is 2. The number of nitrogens with zero attached hydrogens (tertiary/aromatic N) is 1. The van der Waals surface area contributed by atoms with Crippen LogP contribution in [0.15, 0.2) is 0 Å². The third-order valence-corrected chi connectivity index (χ3v) is 4.04. The van der Waals surface area contributed by atoms with Crippen molar-refractivity contribution in [1.82, 2.24) is 4.90 Å². The van der Waals surface area contributed by atoms with Gasteiger partial charge in [0.1, 0.15) is 6.10 Å². The fourth-order valence-corrected chi connectivity index (χ4v) is 2.61. The van der Waals surface area contributed by atoms with Crippen molar-refractivity contribution in [2.75, 3.05) is 14.1 Å². The summed E-state index contributed by atoms with van der Waals surface area (Å²) in [6.07, 6.45) is 4.08. The Hall–Kier alpha value is -0.310. The van der Waals surface area contributed by atoms with Crippen LogP contribution in [0.2, 0.25) is 0 Å². The van der Waals surface area contributed by atoms with E-state index in [4.69, 9.17) is 17.0 Å². The van der Waals surface area contributed by atoms with Gasteiger partial charge in [-0.15, -0.1) is 0 Å². The van der Waals surface area contributed by atoms with E-state index in [1.165, 1.54) is 12.8 Å². The van der Waals surface area contributed by atoms with E-state index in [0.717, 1.165) is 12.3 Å². The first-order chi connectivity index (χ1) is 7.41. The molecule has 1 aliphatic carbocycles. The molecule has 0 aromatic heterocycles. The van der Waals surface area contributed by atoms with Gasteiger partial charge in [0.05, 0.1) is 0 Å². The highest BCUT2D eigenvalue weighted by Crippen LogP contribution is 2.35. The Morgan fingerprint density at radius 1 is 1.31 bits per heavy atom. The summed E-state index contributed by atoms with van der Waals surface area (Å²) in [4.78, 5) is 1.88. The Kier molecular flexibility index (Phi) is 5.03. The summed E-state index contributed by atoms with van der Waals surface area (Å²) in [5, 5.41) is 0.629. The smallest absolute Gasteiger partial charge is 0.259 e. The maximum Gasteiger partial charge on any atom is 0.259 e. The van der Waals surface area contributed by atoms with Crippen molar-refractivity contribution in [3.63, 3.8) is 0 Å². The van der Waals surface area contributed by atoms with Gasteiger partial charge >= 0.3 is 0 Å². The summed E-state index contributed by atoms with van der Waals surface area (Å²) in [5.41, 5.74) is 0. The van der Waals surface area contributed by atoms with Crippen LogP contribution in [0.1, 0.15) is 40.0 Å². The van der Waals surface area contributed by atoms with Gasteiger partial charge in [-0.3, -0.25) is 0 Å². The molecular formula is C13H25NOS. The van der Waals surface area contributed by atoms with Crippen LogP contribution in [0.4, 0.5) is 0 Å². The molecule has 0 spiro atoms. The van der Waals surface area contributed by atoms with Gasteiger partial charge in [0.25, 0.3) is 5.17 Å². The second-order valence-electron chi connectivity index (χ2n) is 5.64. The van der Waals surface area contributed by atoms with Crippen LogP contribution in [-0.2, 0) is 4.74 Å². The molecule has 0 N–H and O–H groups in total. The molecule has 0 aromatic rings. The first-order valence-corrected chi connectivity index (χ1v) is 6.70. The molecule has 0 amide bonds. The zero-order valence-corrected chi connectivity index (χ0v) is 12.0. The molecule has 2 nitrogen and oxygen atoms in total. The van der Waals surface area contributed by atoms with E-state index >= 15 is 0 Å². The molecule has 1 saturated carbocycles. The predicted molar refractivity (Wildman–Crippen MR) is 72.5 cm³/mol. The van der Waals surface area contributed by atoms with E-state index in [1.807, 2.05) is 19.0 Å². The van der Waals surface area contributed by atoms with Gasteiger partial charge in [0, 0.05) is 14.1 Å². The van der Waals surface area contributed by atoms with E-state index < -0.39 is 0 Å². The van der Waals surface area contributed by atoms with Crippen molar-refractivity contribution in [2.45, 2.75) is 46.1 Å². The first kappa shape index (κ1) is 13.8. The Morgan fingerprint density at radius 3 is 2.44 bits per heavy atom. The van der Waals surface area contributed by atoms with Crippen LogP contribution in [0.5, 0.6) is 0 Å². The zero-order chi connectivity index (χ0) is 12.3. The molecular weight excluding hydrogens is 218 g/mol. The molecule has 3 heteroatoms. The Morgan fingerprint density at radius 2 is 1.94 bits per heavy atom. The summed E-state index contributed by atoms with van der Waals surface area (Å²) < 4.78 is 5.95. The summed E-state index contributed by atoms with van der Waals surface area (Å²) in [7, 11) is 3.89. The molecule has 94 valence electrons. The molecule has 0 radical (unpaired) electrons. The first-order valence-electron chi connectivity index (χ1n) is 6.29. The van der Waals surface area contributed by atoms with E-state index in [-0.39, 0.29) is 0 Å². The van der Waals surface area contributed by atoms with Crippen molar-refractivity contribution in [1.29, 1.82) is 0 Å². The highest BCUT2D eigenvalue weighted by Gasteiger charge is 2.32. The monoisotopic (exact) mass is 243 g/mol. The maximum absolute atomic E-state index is 5.95. The third-order valence-electron chi connectivity index (χ3n) is 3.58. The van der Waals surface area contributed by atoms with Crippen molar-refractivity contribution in [3.05, 3.63) is 0 Å². The third kappa shape index (κ3) is 3.62. The molecule has 0 saturated heterocycles. The second kappa shape index (κ2) is 5.85. The minimum atomic E-state index is 0.318. The van der Waals surface area contributed by atoms with Gasteiger partial charge < -0.3 is 9.64 Å². The summed E-state index contributed by atoms with van der Waals surface area (Å²) in [6, 6.07) is 0. The van der Waals surface area contributed by atoms with Gasteiger partial charge in [-0.1, -0.05) is 27.2 Å². The van der Waals surface area contributed by atoms with Crippen LogP contribution in [0.3, 0.4) is 0 Å². The quantitative estimate of drug-likeness (QED) is 0.690. The lowest BCUT2D eigenvalue weighted by atomic mass is 9.75. The fraction of sp³-hybridized carbons (Fsp3) is 0.923. The molecule has 0 bridgehead atoms. The SMILES string of the molecule is CC(C)[C@@H]1CC[C@@H](C)C[C@H]1OC(=S)N(C)C. The normalized spacial score (nSPS) is 30.2. The molecule has 3 atom stereocenters. The van der Waals surface area contributed by atoms with E-state index in [0.29, 0.717) is 23.1 Å². The minimum Gasteiger partial charge on any atom is -0.467 e. The molecule has 0 aliphatic heterocycles. The Balaban J connectivity index is 2.61. The molecule has 0 heterocycles. The zero-order valence-electron chi connectivity index (χ0n) is 11.2. The number of ether oxygens (including phenoxy) is 1. The Labute approximate surface area is 105 Å². The largest absolute Gasteiger partial charge is 0.467 e. The van der Waals surface area contributed by atoms with Crippen LogP contribution >= 0.6 is 12.2 Å². The molecule has 1 fully saturated rings. The Bertz CT molecular complexity index is 240. The van der Waals surface area contributed by atoms with Crippen LogP contribution in [-0.4, -0.2) is 30.3 Å². The molecule has 16 heavy (non-hydrogen) atoms. The topological polar surface area (TPSA) is 12.5 Å². The molecule has 1 rings (SSSR count). The van der Waals surface area contributed by atoms with Crippen molar-refractivity contribution < 1.29 is 4.74 Å². The highest BCUT2D eigenvalue weighted by molar-refractivity contribution is 7.80. The average molecular weight is 243 g/mol. The van der Waals surface area contributed by atoms with E-state index in [9.17, 15) is 0 Å².